The third-order valence-electron chi connectivity index (χ3n) is 5.22. The first-order chi connectivity index (χ1) is 14.4. The van der Waals surface area contributed by atoms with E-state index < -0.39 is 23.2 Å². The van der Waals surface area contributed by atoms with Gasteiger partial charge in [0.1, 0.15) is 0 Å². The summed E-state index contributed by atoms with van der Waals surface area (Å²) in [6.07, 6.45) is 0.292. The number of halogens is 1. The molecule has 0 aromatic heterocycles. The highest BCUT2D eigenvalue weighted by Gasteiger charge is 2.67. The molecule has 1 amide bonds. The molecule has 7 nitrogen and oxygen atoms in total. The maximum Gasteiger partial charge on any atom is 0.322 e. The predicted molar refractivity (Wildman–Crippen MR) is 113 cm³/mol. The van der Waals surface area contributed by atoms with Crippen LogP contribution in [0.15, 0.2) is 36.4 Å². The van der Waals surface area contributed by atoms with E-state index in [4.69, 9.17) is 30.5 Å². The minimum atomic E-state index is -1.36. The standard InChI is InChI=1S/C22H24ClNO6/c1-5-30-21(26)22(20(25)24-16-9-7-6-8-15(16)23)12-14(22)13-10-17(27-2)19(29-4)18(11-13)28-3/h6-11,14H,5,12H2,1-4H3,(H,24,25)/t14-,22+/m0/s1. The molecule has 2 atom stereocenters. The number of ether oxygens (including phenoxy) is 4. The summed E-state index contributed by atoms with van der Waals surface area (Å²) in [5.41, 5.74) is -0.213. The largest absolute Gasteiger partial charge is 0.493 e. The number of methoxy groups -OCH3 is 3. The highest BCUT2D eigenvalue weighted by molar-refractivity contribution is 6.34. The smallest absolute Gasteiger partial charge is 0.322 e. The summed E-state index contributed by atoms with van der Waals surface area (Å²) in [6, 6.07) is 10.3. The Balaban J connectivity index is 1.99. The van der Waals surface area contributed by atoms with Crippen LogP contribution in [0, 0.1) is 5.41 Å². The van der Waals surface area contributed by atoms with Crippen molar-refractivity contribution < 1.29 is 28.5 Å². The maximum absolute atomic E-state index is 13.2. The van der Waals surface area contributed by atoms with Crippen molar-refractivity contribution in [2.24, 2.45) is 5.41 Å². The zero-order chi connectivity index (χ0) is 21.9. The van der Waals surface area contributed by atoms with Crippen molar-refractivity contribution in [2.75, 3.05) is 33.3 Å². The van der Waals surface area contributed by atoms with Gasteiger partial charge in [-0.05, 0) is 43.2 Å². The molecule has 0 unspecified atom stereocenters. The molecule has 160 valence electrons. The molecule has 0 bridgehead atoms. The number of nitrogens with one attached hydrogen (secondary N) is 1. The molecule has 3 rings (SSSR count). The summed E-state index contributed by atoms with van der Waals surface area (Å²) in [6.45, 7) is 1.87. The minimum absolute atomic E-state index is 0.169. The second-order valence-electron chi connectivity index (χ2n) is 6.84. The molecule has 1 fully saturated rings. The van der Waals surface area contributed by atoms with Crippen LogP contribution in [0.25, 0.3) is 0 Å². The number of amides is 1. The highest BCUT2D eigenvalue weighted by atomic mass is 35.5. The number of benzene rings is 2. The van der Waals surface area contributed by atoms with Crippen molar-refractivity contribution in [3.63, 3.8) is 0 Å². The molecule has 0 radical (unpaired) electrons. The summed E-state index contributed by atoms with van der Waals surface area (Å²) in [5, 5.41) is 3.16. The van der Waals surface area contributed by atoms with Gasteiger partial charge in [-0.1, -0.05) is 23.7 Å². The maximum atomic E-state index is 13.2. The van der Waals surface area contributed by atoms with Gasteiger partial charge in [0.05, 0.1) is 38.6 Å². The number of rotatable bonds is 8. The van der Waals surface area contributed by atoms with Gasteiger partial charge >= 0.3 is 5.97 Å². The van der Waals surface area contributed by atoms with Crippen LogP contribution in [-0.4, -0.2) is 39.8 Å². The fraction of sp³-hybridized carbons (Fsp3) is 0.364. The van der Waals surface area contributed by atoms with Crippen LogP contribution < -0.4 is 19.5 Å². The van der Waals surface area contributed by atoms with Gasteiger partial charge in [0, 0.05) is 5.92 Å². The van der Waals surface area contributed by atoms with E-state index in [1.807, 2.05) is 0 Å². The lowest BCUT2D eigenvalue weighted by atomic mass is 9.97. The van der Waals surface area contributed by atoms with Crippen LogP contribution in [0.4, 0.5) is 5.69 Å². The first-order valence-electron chi connectivity index (χ1n) is 9.46. The zero-order valence-electron chi connectivity index (χ0n) is 17.3. The Morgan fingerprint density at radius 2 is 1.73 bits per heavy atom. The molecule has 0 aliphatic heterocycles. The van der Waals surface area contributed by atoms with Gasteiger partial charge in [-0.2, -0.15) is 0 Å². The average Bonchev–Trinajstić information content (AvgIpc) is 3.51. The van der Waals surface area contributed by atoms with E-state index in [1.54, 1.807) is 43.3 Å². The van der Waals surface area contributed by atoms with Crippen molar-refractivity contribution >= 4 is 29.2 Å². The fourth-order valence-electron chi connectivity index (χ4n) is 3.59. The third-order valence-corrected chi connectivity index (χ3v) is 5.55. The second-order valence-corrected chi connectivity index (χ2v) is 7.25. The van der Waals surface area contributed by atoms with Crippen LogP contribution in [0.2, 0.25) is 5.02 Å². The van der Waals surface area contributed by atoms with Crippen molar-refractivity contribution in [2.45, 2.75) is 19.3 Å². The van der Waals surface area contributed by atoms with Gasteiger partial charge in [0.2, 0.25) is 11.7 Å². The van der Waals surface area contributed by atoms with Crippen molar-refractivity contribution in [3.05, 3.63) is 47.0 Å². The molecule has 1 aliphatic carbocycles. The Morgan fingerprint density at radius 1 is 1.10 bits per heavy atom. The molecular weight excluding hydrogens is 410 g/mol. The second kappa shape index (κ2) is 8.83. The molecule has 2 aromatic carbocycles. The van der Waals surface area contributed by atoms with Gasteiger partial charge in [0.25, 0.3) is 0 Å². The molecular formula is C22H24ClNO6. The number of hydrogen-bond acceptors (Lipinski definition) is 6. The lowest BCUT2D eigenvalue weighted by molar-refractivity contribution is -0.153. The van der Waals surface area contributed by atoms with Crippen LogP contribution >= 0.6 is 11.6 Å². The molecule has 2 aromatic rings. The molecule has 0 saturated heterocycles. The number of esters is 1. The van der Waals surface area contributed by atoms with E-state index in [1.165, 1.54) is 21.3 Å². The monoisotopic (exact) mass is 433 g/mol. The van der Waals surface area contributed by atoms with Crippen LogP contribution in [0.1, 0.15) is 24.8 Å². The number of hydrogen-bond donors (Lipinski definition) is 1. The highest BCUT2D eigenvalue weighted by Crippen LogP contribution is 2.62. The molecule has 1 saturated carbocycles. The van der Waals surface area contributed by atoms with Gasteiger partial charge < -0.3 is 24.3 Å². The Kier molecular flexibility index (Phi) is 6.41. The normalized spacial score (nSPS) is 19.6. The number of para-hydroxylation sites is 1. The van der Waals surface area contributed by atoms with E-state index in [0.29, 0.717) is 39.9 Å². The van der Waals surface area contributed by atoms with E-state index in [9.17, 15) is 9.59 Å². The quantitative estimate of drug-likeness (QED) is 0.499. The molecule has 0 spiro atoms. The summed E-state index contributed by atoms with van der Waals surface area (Å²) in [4.78, 5) is 26.1. The Morgan fingerprint density at radius 3 is 2.27 bits per heavy atom. The van der Waals surface area contributed by atoms with E-state index in [2.05, 4.69) is 5.32 Å². The van der Waals surface area contributed by atoms with Crippen molar-refractivity contribution in [3.8, 4) is 17.2 Å². The van der Waals surface area contributed by atoms with E-state index in [-0.39, 0.29) is 6.61 Å². The number of anilines is 1. The van der Waals surface area contributed by atoms with Gasteiger partial charge in [-0.3, -0.25) is 9.59 Å². The van der Waals surface area contributed by atoms with Crippen molar-refractivity contribution in [1.29, 1.82) is 0 Å². The average molecular weight is 434 g/mol. The first kappa shape index (κ1) is 21.8. The molecule has 1 aliphatic rings. The van der Waals surface area contributed by atoms with Gasteiger partial charge in [-0.15, -0.1) is 0 Å². The Labute approximate surface area is 180 Å². The fourth-order valence-corrected chi connectivity index (χ4v) is 3.78. The lowest BCUT2D eigenvalue weighted by Gasteiger charge is -2.18. The van der Waals surface area contributed by atoms with Gasteiger partial charge in [-0.25, -0.2) is 0 Å². The molecule has 8 heteroatoms. The van der Waals surface area contributed by atoms with Crippen LogP contribution in [-0.2, 0) is 14.3 Å². The predicted octanol–water partition coefficient (Wildman–Crippen LogP) is 4.04. The SMILES string of the molecule is CCOC(=O)[C@]1(C(=O)Nc2ccccc2Cl)C[C@H]1c1cc(OC)c(OC)c(OC)c1. The van der Waals surface area contributed by atoms with Gasteiger partial charge in [0.15, 0.2) is 16.9 Å². The summed E-state index contributed by atoms with van der Waals surface area (Å²) < 4.78 is 21.4. The topological polar surface area (TPSA) is 83.1 Å². The molecule has 1 N–H and O–H groups in total. The Bertz CT molecular complexity index is 937. The first-order valence-corrected chi connectivity index (χ1v) is 9.83. The number of carbonyl (C=O) groups is 2. The zero-order valence-corrected chi connectivity index (χ0v) is 18.0. The van der Waals surface area contributed by atoms with Crippen LogP contribution in [0.3, 0.4) is 0 Å². The molecule has 30 heavy (non-hydrogen) atoms. The summed E-state index contributed by atoms with van der Waals surface area (Å²) in [5.74, 6) is -0.119. The Hall–Kier alpha value is -2.93. The summed E-state index contributed by atoms with van der Waals surface area (Å²) >= 11 is 6.17. The number of carbonyl (C=O) groups excluding carboxylic acids is 2. The van der Waals surface area contributed by atoms with E-state index >= 15 is 0 Å². The molecule has 0 heterocycles. The van der Waals surface area contributed by atoms with E-state index in [0.717, 1.165) is 0 Å². The lowest BCUT2D eigenvalue weighted by Crippen LogP contribution is -2.34. The minimum Gasteiger partial charge on any atom is -0.493 e. The van der Waals surface area contributed by atoms with Crippen LogP contribution in [0.5, 0.6) is 17.2 Å². The summed E-state index contributed by atoms with van der Waals surface area (Å²) in [7, 11) is 4.53. The van der Waals surface area contributed by atoms with Crippen molar-refractivity contribution in [1.82, 2.24) is 0 Å². The third kappa shape index (κ3) is 3.77.